The maximum Gasteiger partial charge on any atom is 0.130 e. The van der Waals surface area contributed by atoms with Crippen molar-refractivity contribution in [1.29, 1.82) is 0 Å². The van der Waals surface area contributed by atoms with Crippen molar-refractivity contribution in [1.82, 2.24) is 5.32 Å². The Balaban J connectivity index is 2.01. The van der Waals surface area contributed by atoms with Crippen LogP contribution in [0.2, 0.25) is 0 Å². The number of piperidine rings is 1. The van der Waals surface area contributed by atoms with Crippen molar-refractivity contribution >= 4 is 6.08 Å². The number of rotatable bonds is 2. The zero-order chi connectivity index (χ0) is 10.5. The first-order valence-corrected chi connectivity index (χ1v) is 5.33. The molecular formula is C13H15FN. The summed E-state index contributed by atoms with van der Waals surface area (Å²) in [6.45, 7) is 2.00. The molecule has 0 bridgehead atoms. The van der Waals surface area contributed by atoms with Crippen molar-refractivity contribution in [3.05, 3.63) is 48.1 Å². The van der Waals surface area contributed by atoms with Crippen LogP contribution in [0.3, 0.4) is 0 Å². The van der Waals surface area contributed by atoms with Crippen molar-refractivity contribution in [3.63, 3.8) is 0 Å². The molecule has 0 amide bonds. The number of hydrogen-bond acceptors (Lipinski definition) is 1. The second kappa shape index (κ2) is 5.08. The highest BCUT2D eigenvalue weighted by Gasteiger charge is 2.09. The van der Waals surface area contributed by atoms with Gasteiger partial charge < -0.3 is 5.32 Å². The highest BCUT2D eigenvalue weighted by Crippen LogP contribution is 2.15. The molecule has 1 radical (unpaired) electrons. The Bertz CT molecular complexity index is 340. The maximum atomic E-state index is 13.3. The molecule has 15 heavy (non-hydrogen) atoms. The molecule has 1 aliphatic heterocycles. The second-order valence-corrected chi connectivity index (χ2v) is 3.77. The average Bonchev–Trinajstić information content (AvgIpc) is 2.29. The minimum Gasteiger partial charge on any atom is -0.316 e. The van der Waals surface area contributed by atoms with E-state index >= 15 is 0 Å². The summed E-state index contributed by atoms with van der Waals surface area (Å²) in [4.78, 5) is 0. The zero-order valence-electron chi connectivity index (χ0n) is 8.62. The lowest BCUT2D eigenvalue weighted by Crippen LogP contribution is -2.27. The zero-order valence-corrected chi connectivity index (χ0v) is 8.62. The van der Waals surface area contributed by atoms with Crippen LogP contribution < -0.4 is 5.32 Å². The van der Waals surface area contributed by atoms with Crippen LogP contribution in [-0.4, -0.2) is 13.1 Å². The number of hydrogen-bond donors (Lipinski definition) is 1. The van der Waals surface area contributed by atoms with E-state index in [2.05, 4.69) is 17.8 Å². The Morgan fingerprint density at radius 2 is 2.20 bits per heavy atom. The largest absolute Gasteiger partial charge is 0.316 e. The summed E-state index contributed by atoms with van der Waals surface area (Å²) in [6, 6.07) is 6.86. The van der Waals surface area contributed by atoms with E-state index in [0.29, 0.717) is 11.5 Å². The lowest BCUT2D eigenvalue weighted by molar-refractivity contribution is 0.527. The van der Waals surface area contributed by atoms with Crippen LogP contribution in [0.4, 0.5) is 4.39 Å². The van der Waals surface area contributed by atoms with E-state index in [4.69, 9.17) is 0 Å². The predicted octanol–water partition coefficient (Wildman–Crippen LogP) is 2.65. The summed E-state index contributed by atoms with van der Waals surface area (Å²) in [5.41, 5.74) is 0.671. The highest BCUT2D eigenvalue weighted by molar-refractivity contribution is 5.50. The second-order valence-electron chi connectivity index (χ2n) is 3.77. The molecule has 0 spiro atoms. The van der Waals surface area contributed by atoms with Gasteiger partial charge in [0.2, 0.25) is 0 Å². The molecular weight excluding hydrogens is 189 g/mol. The fourth-order valence-corrected chi connectivity index (χ4v) is 1.74. The maximum absolute atomic E-state index is 13.3. The summed E-state index contributed by atoms with van der Waals surface area (Å²) in [5, 5.41) is 3.26. The Hall–Kier alpha value is -1.15. The normalized spacial score (nSPS) is 18.5. The number of halogens is 1. The standard InChI is InChI=1S/C13H15FN/c14-13-4-2-1-3-12(13)6-5-11-7-9-15-10-8-11/h1-7,11,15H,8-10H2. The third kappa shape index (κ3) is 2.90. The minimum absolute atomic E-state index is 0.150. The molecule has 1 saturated heterocycles. The van der Waals surface area contributed by atoms with Crippen molar-refractivity contribution in [2.75, 3.05) is 13.1 Å². The molecule has 0 aliphatic carbocycles. The molecule has 0 aromatic heterocycles. The van der Waals surface area contributed by atoms with Gasteiger partial charge in [-0.15, -0.1) is 0 Å². The van der Waals surface area contributed by atoms with Crippen LogP contribution in [0.25, 0.3) is 6.08 Å². The molecule has 0 saturated carbocycles. The molecule has 1 aromatic carbocycles. The van der Waals surface area contributed by atoms with E-state index in [-0.39, 0.29) is 5.82 Å². The van der Waals surface area contributed by atoms with Gasteiger partial charge in [0.05, 0.1) is 0 Å². The van der Waals surface area contributed by atoms with Crippen molar-refractivity contribution in [2.24, 2.45) is 5.92 Å². The van der Waals surface area contributed by atoms with Crippen LogP contribution in [0.15, 0.2) is 30.3 Å². The van der Waals surface area contributed by atoms with Crippen LogP contribution in [-0.2, 0) is 0 Å². The highest BCUT2D eigenvalue weighted by atomic mass is 19.1. The predicted molar refractivity (Wildman–Crippen MR) is 60.7 cm³/mol. The first-order valence-electron chi connectivity index (χ1n) is 5.33. The van der Waals surface area contributed by atoms with E-state index in [0.717, 1.165) is 19.5 Å². The Kier molecular flexibility index (Phi) is 3.51. The summed E-state index contributed by atoms with van der Waals surface area (Å²) in [6.07, 6.45) is 7.28. The lowest BCUT2D eigenvalue weighted by atomic mass is 9.97. The van der Waals surface area contributed by atoms with Gasteiger partial charge in [-0.25, -0.2) is 4.39 Å². The summed E-state index contributed by atoms with van der Waals surface area (Å²) >= 11 is 0. The molecule has 1 unspecified atom stereocenters. The molecule has 1 fully saturated rings. The number of allylic oxidation sites excluding steroid dienone is 1. The number of nitrogens with one attached hydrogen (secondary N) is 1. The van der Waals surface area contributed by atoms with Gasteiger partial charge in [-0.1, -0.05) is 30.4 Å². The molecule has 2 rings (SSSR count). The van der Waals surface area contributed by atoms with Gasteiger partial charge in [-0.3, -0.25) is 0 Å². The molecule has 1 aromatic rings. The van der Waals surface area contributed by atoms with Crippen molar-refractivity contribution < 1.29 is 4.39 Å². The molecule has 1 nitrogen and oxygen atoms in total. The SMILES string of the molecule is Fc1ccccc1C=CC1[CH]CNCC1. The molecule has 79 valence electrons. The monoisotopic (exact) mass is 204 g/mol. The fraction of sp³-hybridized carbons (Fsp3) is 0.308. The van der Waals surface area contributed by atoms with Gasteiger partial charge >= 0.3 is 0 Å². The van der Waals surface area contributed by atoms with E-state index < -0.39 is 0 Å². The Morgan fingerprint density at radius 3 is 2.93 bits per heavy atom. The van der Waals surface area contributed by atoms with Crippen LogP contribution in [0, 0.1) is 18.2 Å². The topological polar surface area (TPSA) is 12.0 Å². The number of benzene rings is 1. The third-order valence-electron chi connectivity index (χ3n) is 2.65. The third-order valence-corrected chi connectivity index (χ3v) is 2.65. The van der Waals surface area contributed by atoms with E-state index in [1.165, 1.54) is 6.07 Å². The minimum atomic E-state index is -0.150. The molecule has 1 heterocycles. The fourth-order valence-electron chi connectivity index (χ4n) is 1.74. The molecule has 2 heteroatoms. The van der Waals surface area contributed by atoms with Crippen LogP contribution in [0.5, 0.6) is 0 Å². The smallest absolute Gasteiger partial charge is 0.130 e. The van der Waals surface area contributed by atoms with E-state index in [1.54, 1.807) is 12.1 Å². The lowest BCUT2D eigenvalue weighted by Gasteiger charge is -2.18. The van der Waals surface area contributed by atoms with E-state index in [1.807, 2.05) is 12.1 Å². The molecule has 1 aliphatic rings. The first-order chi connectivity index (χ1) is 7.36. The van der Waals surface area contributed by atoms with Gasteiger partial charge in [0, 0.05) is 5.56 Å². The average molecular weight is 204 g/mol. The van der Waals surface area contributed by atoms with Gasteiger partial charge in [-0.2, -0.15) is 0 Å². The van der Waals surface area contributed by atoms with Crippen molar-refractivity contribution in [2.45, 2.75) is 6.42 Å². The van der Waals surface area contributed by atoms with Gasteiger partial charge in [0.25, 0.3) is 0 Å². The summed E-state index contributed by atoms with van der Waals surface area (Å²) in [5.74, 6) is 0.327. The first kappa shape index (κ1) is 10.4. The Labute approximate surface area is 90.0 Å². The molecule has 1 N–H and O–H groups in total. The van der Waals surface area contributed by atoms with Gasteiger partial charge in [-0.05, 0) is 37.9 Å². The quantitative estimate of drug-likeness (QED) is 0.781. The molecule has 1 atom stereocenters. The summed E-state index contributed by atoms with van der Waals surface area (Å²) in [7, 11) is 0. The van der Waals surface area contributed by atoms with Crippen molar-refractivity contribution in [3.8, 4) is 0 Å². The van der Waals surface area contributed by atoms with Gasteiger partial charge in [0.15, 0.2) is 0 Å². The van der Waals surface area contributed by atoms with E-state index in [9.17, 15) is 4.39 Å². The van der Waals surface area contributed by atoms with Gasteiger partial charge in [0.1, 0.15) is 5.82 Å². The Morgan fingerprint density at radius 1 is 1.33 bits per heavy atom. The summed E-state index contributed by atoms with van der Waals surface area (Å²) < 4.78 is 13.3. The van der Waals surface area contributed by atoms with Crippen LogP contribution in [0.1, 0.15) is 12.0 Å². The van der Waals surface area contributed by atoms with Crippen LogP contribution >= 0.6 is 0 Å².